The number of allylic oxidation sites excluding steroid dienone is 1. The van der Waals surface area contributed by atoms with Gasteiger partial charge in [-0.2, -0.15) is 0 Å². The lowest BCUT2D eigenvalue weighted by molar-refractivity contribution is 0.0465. The Morgan fingerprint density at radius 2 is 2.20 bits per heavy atom. The van der Waals surface area contributed by atoms with Gasteiger partial charge in [0.05, 0.1) is 0 Å². The van der Waals surface area contributed by atoms with Crippen LogP contribution in [-0.2, 0) is 0 Å². The lowest BCUT2D eigenvalue weighted by Gasteiger charge is -2.29. The maximum Gasteiger partial charge on any atom is 0.0461 e. The second-order valence-electron chi connectivity index (χ2n) is 2.84. The summed E-state index contributed by atoms with van der Waals surface area (Å²) in [5, 5.41) is 4.54. The smallest absolute Gasteiger partial charge is 0.0461 e. The van der Waals surface area contributed by atoms with Gasteiger partial charge in [-0.05, 0) is 26.8 Å². The molecule has 1 heterocycles. The van der Waals surface area contributed by atoms with Crippen molar-refractivity contribution in [2.45, 2.75) is 26.8 Å². The van der Waals surface area contributed by atoms with E-state index in [1.165, 1.54) is 5.70 Å². The molecule has 1 unspecified atom stereocenters. The summed E-state index contributed by atoms with van der Waals surface area (Å²) >= 11 is 0. The third kappa shape index (κ3) is 1.03. The Kier molecular flexibility index (Phi) is 2.00. The zero-order valence-electron chi connectivity index (χ0n) is 7.26. The van der Waals surface area contributed by atoms with Crippen LogP contribution in [0.3, 0.4) is 0 Å². The molecule has 0 aromatic rings. The van der Waals surface area contributed by atoms with Crippen molar-refractivity contribution in [3.8, 4) is 0 Å². The fourth-order valence-corrected chi connectivity index (χ4v) is 1.48. The molecule has 58 valence electrons. The summed E-state index contributed by atoms with van der Waals surface area (Å²) in [5.74, 6) is 0. The first-order chi connectivity index (χ1) is 4.66. The summed E-state index contributed by atoms with van der Waals surface area (Å²) in [6.07, 6.45) is 2.28. The lowest BCUT2D eigenvalue weighted by Crippen LogP contribution is -2.37. The first-order valence-corrected chi connectivity index (χ1v) is 3.85. The maximum atomic E-state index is 2.28. The summed E-state index contributed by atoms with van der Waals surface area (Å²) in [6, 6.07) is 0.569. The minimum absolute atomic E-state index is 0.569. The Morgan fingerprint density at radius 3 is 2.40 bits per heavy atom. The molecule has 0 spiro atoms. The standard InChI is InChI=1S/C8H16N2/c1-5-10-8(3)6-7(2)9(10)4/h6-7H,5H2,1-4H3. The minimum Gasteiger partial charge on any atom is -0.310 e. The van der Waals surface area contributed by atoms with E-state index in [1.54, 1.807) is 0 Å². The van der Waals surface area contributed by atoms with E-state index >= 15 is 0 Å². The van der Waals surface area contributed by atoms with Crippen molar-refractivity contribution < 1.29 is 0 Å². The molecular formula is C8H16N2. The van der Waals surface area contributed by atoms with Crippen LogP contribution in [-0.4, -0.2) is 29.7 Å². The Labute approximate surface area is 63.1 Å². The van der Waals surface area contributed by atoms with E-state index in [0.717, 1.165) is 6.54 Å². The first-order valence-electron chi connectivity index (χ1n) is 3.85. The number of hydrogen-bond acceptors (Lipinski definition) is 2. The molecule has 1 rings (SSSR count). The Bertz CT molecular complexity index is 151. The highest BCUT2D eigenvalue weighted by Crippen LogP contribution is 2.18. The fraction of sp³-hybridized carbons (Fsp3) is 0.750. The number of likely N-dealkylation sites (N-methyl/N-ethyl adjacent to an activating group) is 1. The van der Waals surface area contributed by atoms with Crippen molar-refractivity contribution in [3.05, 3.63) is 11.8 Å². The summed E-state index contributed by atoms with van der Waals surface area (Å²) in [4.78, 5) is 0. The zero-order valence-corrected chi connectivity index (χ0v) is 7.26. The van der Waals surface area contributed by atoms with Crippen LogP contribution in [0.4, 0.5) is 0 Å². The van der Waals surface area contributed by atoms with Gasteiger partial charge in [-0.25, -0.2) is 5.01 Å². The van der Waals surface area contributed by atoms with Gasteiger partial charge in [-0.3, -0.25) is 0 Å². The van der Waals surface area contributed by atoms with Gasteiger partial charge >= 0.3 is 0 Å². The van der Waals surface area contributed by atoms with Crippen LogP contribution in [0.1, 0.15) is 20.8 Å². The molecule has 1 aliphatic heterocycles. The van der Waals surface area contributed by atoms with Gasteiger partial charge in [0.25, 0.3) is 0 Å². The van der Waals surface area contributed by atoms with Gasteiger partial charge in [0.2, 0.25) is 0 Å². The highest BCUT2D eigenvalue weighted by atomic mass is 15.6. The third-order valence-corrected chi connectivity index (χ3v) is 2.16. The Hall–Kier alpha value is -0.500. The van der Waals surface area contributed by atoms with Crippen LogP contribution < -0.4 is 0 Å². The van der Waals surface area contributed by atoms with Crippen LogP contribution in [0, 0.1) is 0 Å². The predicted octanol–water partition coefficient (Wildman–Crippen LogP) is 1.46. The third-order valence-electron chi connectivity index (χ3n) is 2.16. The molecule has 1 atom stereocenters. The maximum absolute atomic E-state index is 2.28. The molecule has 0 bridgehead atoms. The van der Waals surface area contributed by atoms with Gasteiger partial charge < -0.3 is 5.01 Å². The summed E-state index contributed by atoms with van der Waals surface area (Å²) in [5.41, 5.74) is 1.37. The van der Waals surface area contributed by atoms with Crippen LogP contribution >= 0.6 is 0 Å². The predicted molar refractivity (Wildman–Crippen MR) is 43.4 cm³/mol. The van der Waals surface area contributed by atoms with Crippen LogP contribution in [0.5, 0.6) is 0 Å². The highest BCUT2D eigenvalue weighted by Gasteiger charge is 2.20. The average Bonchev–Trinajstić information content (AvgIpc) is 2.09. The van der Waals surface area contributed by atoms with E-state index < -0.39 is 0 Å². The fourth-order valence-electron chi connectivity index (χ4n) is 1.48. The van der Waals surface area contributed by atoms with Crippen molar-refractivity contribution in [1.29, 1.82) is 0 Å². The monoisotopic (exact) mass is 140 g/mol. The molecule has 0 amide bonds. The van der Waals surface area contributed by atoms with Crippen molar-refractivity contribution in [2.75, 3.05) is 13.6 Å². The zero-order chi connectivity index (χ0) is 7.72. The molecule has 1 aliphatic rings. The van der Waals surface area contributed by atoms with E-state index in [9.17, 15) is 0 Å². The number of hydrazine groups is 1. The largest absolute Gasteiger partial charge is 0.310 e. The van der Waals surface area contributed by atoms with Crippen molar-refractivity contribution >= 4 is 0 Å². The van der Waals surface area contributed by atoms with Gasteiger partial charge in [-0.15, -0.1) is 0 Å². The van der Waals surface area contributed by atoms with E-state index in [1.807, 2.05) is 0 Å². The second kappa shape index (κ2) is 2.62. The molecule has 0 saturated heterocycles. The molecule has 2 nitrogen and oxygen atoms in total. The van der Waals surface area contributed by atoms with E-state index in [2.05, 4.69) is 43.9 Å². The highest BCUT2D eigenvalue weighted by molar-refractivity contribution is 5.07. The van der Waals surface area contributed by atoms with Crippen molar-refractivity contribution in [2.24, 2.45) is 0 Å². The molecule has 0 N–H and O–H groups in total. The average molecular weight is 140 g/mol. The van der Waals surface area contributed by atoms with Crippen LogP contribution in [0.2, 0.25) is 0 Å². The minimum atomic E-state index is 0.569. The molecule has 10 heavy (non-hydrogen) atoms. The number of hydrogen-bond donors (Lipinski definition) is 0. The summed E-state index contributed by atoms with van der Waals surface area (Å²) < 4.78 is 0. The van der Waals surface area contributed by atoms with Crippen LogP contribution in [0.25, 0.3) is 0 Å². The van der Waals surface area contributed by atoms with Gasteiger partial charge in [0.15, 0.2) is 0 Å². The van der Waals surface area contributed by atoms with Gasteiger partial charge in [0, 0.05) is 25.3 Å². The SMILES string of the molecule is CCN1C(C)=CC(C)N1C. The second-order valence-corrected chi connectivity index (χ2v) is 2.84. The van der Waals surface area contributed by atoms with Crippen molar-refractivity contribution in [3.63, 3.8) is 0 Å². The van der Waals surface area contributed by atoms with Crippen LogP contribution in [0.15, 0.2) is 11.8 Å². The normalized spacial score (nSPS) is 27.4. The molecule has 0 saturated carbocycles. The molecule has 0 aliphatic carbocycles. The molecule has 0 aromatic carbocycles. The lowest BCUT2D eigenvalue weighted by atomic mass is 10.3. The van der Waals surface area contributed by atoms with Gasteiger partial charge in [-0.1, -0.05) is 0 Å². The van der Waals surface area contributed by atoms with E-state index in [-0.39, 0.29) is 0 Å². The quantitative estimate of drug-likeness (QED) is 0.544. The Morgan fingerprint density at radius 1 is 1.60 bits per heavy atom. The topological polar surface area (TPSA) is 6.48 Å². The Balaban J connectivity index is 2.68. The molecule has 2 heteroatoms. The van der Waals surface area contributed by atoms with E-state index in [0.29, 0.717) is 6.04 Å². The van der Waals surface area contributed by atoms with Gasteiger partial charge in [0.1, 0.15) is 0 Å². The summed E-state index contributed by atoms with van der Waals surface area (Å²) in [6.45, 7) is 7.61. The molecular weight excluding hydrogens is 124 g/mol. The summed E-state index contributed by atoms with van der Waals surface area (Å²) in [7, 11) is 2.13. The number of rotatable bonds is 1. The van der Waals surface area contributed by atoms with E-state index in [4.69, 9.17) is 0 Å². The molecule has 0 fully saturated rings. The van der Waals surface area contributed by atoms with Crippen molar-refractivity contribution in [1.82, 2.24) is 10.0 Å². The molecule has 0 radical (unpaired) electrons. The number of nitrogens with zero attached hydrogens (tertiary/aromatic N) is 2. The first kappa shape index (κ1) is 7.61. The molecule has 0 aromatic heterocycles.